The highest BCUT2D eigenvalue weighted by atomic mass is 16.1. The molecule has 3 aromatic rings. The maximum absolute atomic E-state index is 11.4. The van der Waals surface area contributed by atoms with Gasteiger partial charge < -0.3 is 10.7 Å². The SMILES string of the molecule is Nc1n[nH]c(-c2cccc(=O)[nH]2)c1-c1cccnc1. The number of nitrogens with one attached hydrogen (secondary N) is 2. The van der Waals surface area contributed by atoms with Gasteiger partial charge in [0.1, 0.15) is 0 Å². The van der Waals surface area contributed by atoms with E-state index in [-0.39, 0.29) is 5.56 Å². The van der Waals surface area contributed by atoms with E-state index < -0.39 is 0 Å². The van der Waals surface area contributed by atoms with Gasteiger partial charge in [-0.1, -0.05) is 12.1 Å². The van der Waals surface area contributed by atoms with Crippen LogP contribution in [0.25, 0.3) is 22.5 Å². The second-order valence-corrected chi connectivity index (χ2v) is 4.03. The normalized spacial score (nSPS) is 10.5. The largest absolute Gasteiger partial charge is 0.382 e. The van der Waals surface area contributed by atoms with Crippen LogP contribution in [0.3, 0.4) is 0 Å². The number of hydrogen-bond donors (Lipinski definition) is 3. The Labute approximate surface area is 108 Å². The minimum atomic E-state index is -0.178. The second kappa shape index (κ2) is 4.41. The van der Waals surface area contributed by atoms with E-state index in [9.17, 15) is 4.79 Å². The van der Waals surface area contributed by atoms with Crippen molar-refractivity contribution in [1.82, 2.24) is 20.2 Å². The number of H-pyrrole nitrogens is 2. The first-order chi connectivity index (χ1) is 9.25. The summed E-state index contributed by atoms with van der Waals surface area (Å²) in [4.78, 5) is 18.2. The lowest BCUT2D eigenvalue weighted by Gasteiger charge is -2.03. The molecule has 0 fully saturated rings. The third-order valence-electron chi connectivity index (χ3n) is 2.78. The molecular formula is C13H11N5O. The molecule has 6 nitrogen and oxygen atoms in total. The average Bonchev–Trinajstić information content (AvgIpc) is 2.82. The molecule has 3 aromatic heterocycles. The summed E-state index contributed by atoms with van der Waals surface area (Å²) in [6.45, 7) is 0. The zero-order valence-corrected chi connectivity index (χ0v) is 9.92. The number of rotatable bonds is 2. The van der Waals surface area contributed by atoms with Crippen molar-refractivity contribution in [3.63, 3.8) is 0 Å². The number of aromatic amines is 2. The number of aromatic nitrogens is 4. The number of nitrogen functional groups attached to an aromatic ring is 1. The van der Waals surface area contributed by atoms with Gasteiger partial charge in [-0.15, -0.1) is 0 Å². The van der Waals surface area contributed by atoms with Crippen LogP contribution >= 0.6 is 0 Å². The highest BCUT2D eigenvalue weighted by Gasteiger charge is 2.15. The Hall–Kier alpha value is -2.89. The zero-order valence-electron chi connectivity index (χ0n) is 9.92. The first-order valence-corrected chi connectivity index (χ1v) is 5.69. The molecule has 0 spiro atoms. The van der Waals surface area contributed by atoms with Crippen LogP contribution in [0.1, 0.15) is 0 Å². The molecule has 3 heterocycles. The molecule has 0 bridgehead atoms. The van der Waals surface area contributed by atoms with Gasteiger partial charge in [-0.25, -0.2) is 0 Å². The number of hydrogen-bond acceptors (Lipinski definition) is 4. The lowest BCUT2D eigenvalue weighted by Crippen LogP contribution is -2.04. The first-order valence-electron chi connectivity index (χ1n) is 5.69. The molecule has 0 atom stereocenters. The van der Waals surface area contributed by atoms with Gasteiger partial charge in [-0.2, -0.15) is 5.10 Å². The number of nitrogens with zero attached hydrogens (tertiary/aromatic N) is 2. The summed E-state index contributed by atoms with van der Waals surface area (Å²) in [6, 6.07) is 8.62. The van der Waals surface area contributed by atoms with Gasteiger partial charge >= 0.3 is 0 Å². The van der Waals surface area contributed by atoms with E-state index in [1.807, 2.05) is 12.1 Å². The van der Waals surface area contributed by atoms with Crippen LogP contribution in [-0.2, 0) is 0 Å². The fourth-order valence-electron chi connectivity index (χ4n) is 1.95. The summed E-state index contributed by atoms with van der Waals surface area (Å²) in [5.41, 5.74) is 8.59. The fourth-order valence-corrected chi connectivity index (χ4v) is 1.95. The Morgan fingerprint density at radius 3 is 2.79 bits per heavy atom. The van der Waals surface area contributed by atoms with Gasteiger partial charge in [0.25, 0.3) is 0 Å². The molecule has 6 heteroatoms. The monoisotopic (exact) mass is 253 g/mol. The maximum Gasteiger partial charge on any atom is 0.248 e. The van der Waals surface area contributed by atoms with Crippen molar-refractivity contribution >= 4 is 5.82 Å². The number of nitrogens with two attached hydrogens (primary N) is 1. The van der Waals surface area contributed by atoms with Crippen molar-refractivity contribution < 1.29 is 0 Å². The van der Waals surface area contributed by atoms with Gasteiger partial charge in [0.2, 0.25) is 5.56 Å². The lowest BCUT2D eigenvalue weighted by molar-refractivity contribution is 1.09. The minimum Gasteiger partial charge on any atom is -0.382 e. The summed E-state index contributed by atoms with van der Waals surface area (Å²) >= 11 is 0. The lowest BCUT2D eigenvalue weighted by atomic mass is 10.1. The van der Waals surface area contributed by atoms with Crippen molar-refractivity contribution in [2.45, 2.75) is 0 Å². The number of pyridine rings is 2. The van der Waals surface area contributed by atoms with E-state index in [0.717, 1.165) is 11.1 Å². The molecule has 0 aliphatic carbocycles. The smallest absolute Gasteiger partial charge is 0.248 e. The van der Waals surface area contributed by atoms with E-state index >= 15 is 0 Å². The standard InChI is InChI=1S/C13H11N5O/c14-13-11(8-3-2-6-15-7-8)12(17-18-13)9-4-1-5-10(19)16-9/h1-7H,(H,16,19)(H3,14,17,18). The van der Waals surface area contributed by atoms with Crippen molar-refractivity contribution in [2.24, 2.45) is 0 Å². The summed E-state index contributed by atoms with van der Waals surface area (Å²) in [7, 11) is 0. The van der Waals surface area contributed by atoms with Crippen molar-refractivity contribution in [3.8, 4) is 22.5 Å². The Kier molecular flexibility index (Phi) is 2.60. The molecule has 0 aromatic carbocycles. The fraction of sp³-hybridized carbons (Fsp3) is 0. The second-order valence-electron chi connectivity index (χ2n) is 4.03. The molecule has 94 valence electrons. The Morgan fingerprint density at radius 1 is 1.16 bits per heavy atom. The van der Waals surface area contributed by atoms with Gasteiger partial charge in [0.05, 0.1) is 17.0 Å². The van der Waals surface area contributed by atoms with Gasteiger partial charge in [0.15, 0.2) is 5.82 Å². The first kappa shape index (κ1) is 11.2. The van der Waals surface area contributed by atoms with Crippen LogP contribution in [-0.4, -0.2) is 20.2 Å². The molecule has 0 amide bonds. The van der Waals surface area contributed by atoms with Crippen LogP contribution in [0.15, 0.2) is 47.5 Å². The predicted octanol–water partition coefficient (Wildman–Crippen LogP) is 1.41. The van der Waals surface area contributed by atoms with E-state index in [1.54, 1.807) is 24.5 Å². The van der Waals surface area contributed by atoms with Crippen LogP contribution in [0.5, 0.6) is 0 Å². The van der Waals surface area contributed by atoms with Crippen molar-refractivity contribution in [2.75, 3.05) is 5.73 Å². The van der Waals surface area contributed by atoms with Crippen molar-refractivity contribution in [1.29, 1.82) is 0 Å². The van der Waals surface area contributed by atoms with Crippen molar-refractivity contribution in [3.05, 3.63) is 53.1 Å². The molecule has 3 rings (SSSR count). The van der Waals surface area contributed by atoms with Gasteiger partial charge in [-0.3, -0.25) is 14.9 Å². The zero-order chi connectivity index (χ0) is 13.2. The van der Waals surface area contributed by atoms with Gasteiger partial charge in [0, 0.05) is 24.0 Å². The van der Waals surface area contributed by atoms with E-state index in [4.69, 9.17) is 5.73 Å². The average molecular weight is 253 g/mol. The molecule has 0 unspecified atom stereocenters. The highest BCUT2D eigenvalue weighted by Crippen LogP contribution is 2.32. The van der Waals surface area contributed by atoms with Crippen LogP contribution < -0.4 is 11.3 Å². The molecule has 0 saturated heterocycles. The van der Waals surface area contributed by atoms with Crippen LogP contribution in [0.2, 0.25) is 0 Å². The quantitative estimate of drug-likeness (QED) is 0.642. The summed E-state index contributed by atoms with van der Waals surface area (Å²) < 4.78 is 0. The third kappa shape index (κ3) is 1.99. The van der Waals surface area contributed by atoms with Crippen LogP contribution in [0.4, 0.5) is 5.82 Å². The third-order valence-corrected chi connectivity index (χ3v) is 2.78. The summed E-state index contributed by atoms with van der Waals surface area (Å²) in [6.07, 6.45) is 3.38. The molecular weight excluding hydrogens is 242 g/mol. The molecule has 0 radical (unpaired) electrons. The Morgan fingerprint density at radius 2 is 2.05 bits per heavy atom. The Bertz CT molecular complexity index is 760. The summed E-state index contributed by atoms with van der Waals surface area (Å²) in [5.74, 6) is 0.368. The Balaban J connectivity index is 2.22. The highest BCUT2D eigenvalue weighted by molar-refractivity contribution is 5.86. The van der Waals surface area contributed by atoms with E-state index in [0.29, 0.717) is 17.2 Å². The molecule has 0 aliphatic heterocycles. The van der Waals surface area contributed by atoms with E-state index in [2.05, 4.69) is 20.2 Å². The molecule has 4 N–H and O–H groups in total. The maximum atomic E-state index is 11.4. The molecule has 0 saturated carbocycles. The summed E-state index contributed by atoms with van der Waals surface area (Å²) in [5, 5.41) is 6.85. The molecule has 0 aliphatic rings. The number of anilines is 1. The van der Waals surface area contributed by atoms with Crippen LogP contribution in [0, 0.1) is 0 Å². The van der Waals surface area contributed by atoms with E-state index in [1.165, 1.54) is 6.07 Å². The minimum absolute atomic E-state index is 0.178. The van der Waals surface area contributed by atoms with Gasteiger partial charge in [-0.05, 0) is 12.1 Å². The molecule has 19 heavy (non-hydrogen) atoms. The topological polar surface area (TPSA) is 100 Å². The predicted molar refractivity (Wildman–Crippen MR) is 72.3 cm³/mol.